The summed E-state index contributed by atoms with van der Waals surface area (Å²) in [5, 5.41) is 6.55. The maximum Gasteiger partial charge on any atom is 0.251 e. The average molecular weight is 331 g/mol. The van der Waals surface area contributed by atoms with Gasteiger partial charge in [0, 0.05) is 17.6 Å². The van der Waals surface area contributed by atoms with Crippen molar-refractivity contribution < 1.29 is 4.79 Å². The third-order valence-corrected chi connectivity index (χ3v) is 4.21. The molecule has 1 aliphatic heterocycles. The van der Waals surface area contributed by atoms with Crippen LogP contribution in [0.2, 0.25) is 0 Å². The number of benzene rings is 2. The first-order chi connectivity index (χ1) is 10.7. The number of carbonyl (C=O) groups excluding carboxylic acids is 1. The Morgan fingerprint density at radius 1 is 1.04 bits per heavy atom. The van der Waals surface area contributed by atoms with Crippen molar-refractivity contribution in [2.75, 3.05) is 6.54 Å². The Labute approximate surface area is 143 Å². The van der Waals surface area contributed by atoms with Crippen LogP contribution in [0.3, 0.4) is 0 Å². The number of hydrogen-bond donors (Lipinski definition) is 2. The van der Waals surface area contributed by atoms with E-state index in [1.807, 2.05) is 42.5 Å². The molecule has 4 heteroatoms. The molecule has 2 N–H and O–H groups in total. The Kier molecular flexibility index (Phi) is 6.20. The molecule has 1 fully saturated rings. The molecule has 2 unspecified atom stereocenters. The largest absolute Gasteiger partial charge is 0.349 e. The van der Waals surface area contributed by atoms with Gasteiger partial charge in [0.25, 0.3) is 5.91 Å². The summed E-state index contributed by atoms with van der Waals surface area (Å²) in [6.45, 7) is 3.13. The molecule has 0 bridgehead atoms. The smallest absolute Gasteiger partial charge is 0.251 e. The average Bonchev–Trinajstić information content (AvgIpc) is 2.56. The number of piperidine rings is 1. The fourth-order valence-electron chi connectivity index (χ4n) is 2.98. The Hall–Kier alpha value is -1.84. The molecular formula is C19H23ClN2O. The van der Waals surface area contributed by atoms with Crippen LogP contribution in [-0.2, 0) is 0 Å². The van der Waals surface area contributed by atoms with Crippen LogP contribution in [0.25, 0.3) is 11.1 Å². The predicted molar refractivity (Wildman–Crippen MR) is 97.1 cm³/mol. The van der Waals surface area contributed by atoms with Gasteiger partial charge in [0.2, 0.25) is 0 Å². The number of hydrogen-bond acceptors (Lipinski definition) is 2. The molecule has 0 spiro atoms. The van der Waals surface area contributed by atoms with E-state index >= 15 is 0 Å². The van der Waals surface area contributed by atoms with E-state index in [0.29, 0.717) is 6.04 Å². The van der Waals surface area contributed by atoms with Gasteiger partial charge in [-0.1, -0.05) is 42.5 Å². The van der Waals surface area contributed by atoms with Crippen LogP contribution in [0.1, 0.15) is 30.1 Å². The lowest BCUT2D eigenvalue weighted by Crippen LogP contribution is -2.46. The summed E-state index contributed by atoms with van der Waals surface area (Å²) in [4.78, 5) is 12.3. The van der Waals surface area contributed by atoms with Gasteiger partial charge in [-0.2, -0.15) is 0 Å². The molecule has 2 aromatic carbocycles. The zero-order valence-corrected chi connectivity index (χ0v) is 14.1. The highest BCUT2D eigenvalue weighted by atomic mass is 35.5. The minimum atomic E-state index is 0. The molecule has 1 amide bonds. The number of rotatable bonds is 3. The van der Waals surface area contributed by atoms with Crippen LogP contribution in [0, 0.1) is 0 Å². The van der Waals surface area contributed by atoms with E-state index in [-0.39, 0.29) is 24.4 Å². The van der Waals surface area contributed by atoms with Crippen LogP contribution in [0.15, 0.2) is 54.6 Å². The lowest BCUT2D eigenvalue weighted by atomic mass is 9.99. The summed E-state index contributed by atoms with van der Waals surface area (Å²) in [6, 6.07) is 18.8. The summed E-state index contributed by atoms with van der Waals surface area (Å²) in [5.41, 5.74) is 3.03. The van der Waals surface area contributed by atoms with Crippen LogP contribution in [0.4, 0.5) is 0 Å². The number of halogens is 1. The van der Waals surface area contributed by atoms with Crippen LogP contribution < -0.4 is 10.6 Å². The van der Waals surface area contributed by atoms with Crippen molar-refractivity contribution in [1.82, 2.24) is 10.6 Å². The van der Waals surface area contributed by atoms with E-state index in [1.54, 1.807) is 0 Å². The fourth-order valence-corrected chi connectivity index (χ4v) is 2.98. The molecule has 1 saturated heterocycles. The van der Waals surface area contributed by atoms with E-state index in [1.165, 1.54) is 5.56 Å². The van der Waals surface area contributed by atoms with Crippen LogP contribution >= 0.6 is 12.4 Å². The summed E-state index contributed by atoms with van der Waals surface area (Å²) in [7, 11) is 0. The predicted octanol–water partition coefficient (Wildman–Crippen LogP) is 3.65. The van der Waals surface area contributed by atoms with Gasteiger partial charge >= 0.3 is 0 Å². The number of amides is 1. The highest BCUT2D eigenvalue weighted by molar-refractivity contribution is 5.94. The fraction of sp³-hybridized carbons (Fsp3) is 0.316. The first-order valence-electron chi connectivity index (χ1n) is 7.92. The van der Waals surface area contributed by atoms with Crippen molar-refractivity contribution in [3.8, 4) is 11.1 Å². The van der Waals surface area contributed by atoms with Crippen molar-refractivity contribution >= 4 is 18.3 Å². The highest BCUT2D eigenvalue weighted by Gasteiger charge is 2.20. The van der Waals surface area contributed by atoms with Gasteiger partial charge in [0.1, 0.15) is 0 Å². The van der Waals surface area contributed by atoms with E-state index in [2.05, 4.69) is 29.7 Å². The molecule has 0 aromatic heterocycles. The minimum Gasteiger partial charge on any atom is -0.349 e. The summed E-state index contributed by atoms with van der Waals surface area (Å²) < 4.78 is 0. The van der Waals surface area contributed by atoms with Gasteiger partial charge in [0.05, 0.1) is 0 Å². The second kappa shape index (κ2) is 8.14. The van der Waals surface area contributed by atoms with E-state index in [9.17, 15) is 4.79 Å². The summed E-state index contributed by atoms with van der Waals surface area (Å²) in [5.74, 6) is 0.0266. The molecule has 2 aromatic rings. The first-order valence-corrected chi connectivity index (χ1v) is 7.92. The molecule has 2 atom stereocenters. The van der Waals surface area contributed by atoms with E-state index in [4.69, 9.17) is 0 Å². The molecular weight excluding hydrogens is 308 g/mol. The molecule has 23 heavy (non-hydrogen) atoms. The van der Waals surface area contributed by atoms with Crippen LogP contribution in [0.5, 0.6) is 0 Å². The van der Waals surface area contributed by atoms with Crippen molar-refractivity contribution in [2.24, 2.45) is 0 Å². The topological polar surface area (TPSA) is 41.1 Å². The maximum absolute atomic E-state index is 12.3. The van der Waals surface area contributed by atoms with Crippen molar-refractivity contribution in [2.45, 2.75) is 31.8 Å². The van der Waals surface area contributed by atoms with Crippen LogP contribution in [-0.4, -0.2) is 24.5 Å². The quantitative estimate of drug-likeness (QED) is 0.902. The Morgan fingerprint density at radius 2 is 1.70 bits per heavy atom. The number of carbonyl (C=O) groups is 1. The summed E-state index contributed by atoms with van der Waals surface area (Å²) in [6.07, 6.45) is 1.99. The zero-order chi connectivity index (χ0) is 15.4. The second-order valence-electron chi connectivity index (χ2n) is 5.99. The highest BCUT2D eigenvalue weighted by Crippen LogP contribution is 2.19. The van der Waals surface area contributed by atoms with Gasteiger partial charge < -0.3 is 10.6 Å². The van der Waals surface area contributed by atoms with Crippen molar-refractivity contribution in [3.05, 3.63) is 60.2 Å². The molecule has 0 saturated carbocycles. The molecule has 1 heterocycles. The molecule has 3 nitrogen and oxygen atoms in total. The Morgan fingerprint density at radius 3 is 2.35 bits per heavy atom. The normalized spacial score (nSPS) is 20.4. The number of nitrogens with one attached hydrogen (secondary N) is 2. The monoisotopic (exact) mass is 330 g/mol. The minimum absolute atomic E-state index is 0. The van der Waals surface area contributed by atoms with Crippen molar-refractivity contribution in [1.29, 1.82) is 0 Å². The van der Waals surface area contributed by atoms with Gasteiger partial charge in [-0.15, -0.1) is 12.4 Å². The molecule has 0 radical (unpaired) electrons. The van der Waals surface area contributed by atoms with E-state index in [0.717, 1.165) is 30.5 Å². The molecule has 1 aliphatic rings. The van der Waals surface area contributed by atoms with E-state index < -0.39 is 0 Å². The lowest BCUT2D eigenvalue weighted by molar-refractivity contribution is 0.0925. The Bertz CT molecular complexity index is 628. The van der Waals surface area contributed by atoms with Gasteiger partial charge in [-0.05, 0) is 49.6 Å². The molecule has 3 rings (SSSR count). The lowest BCUT2D eigenvalue weighted by Gasteiger charge is -2.28. The van der Waals surface area contributed by atoms with Gasteiger partial charge in [0.15, 0.2) is 0 Å². The van der Waals surface area contributed by atoms with Gasteiger partial charge in [-0.3, -0.25) is 4.79 Å². The third-order valence-electron chi connectivity index (χ3n) is 4.21. The second-order valence-corrected chi connectivity index (χ2v) is 5.99. The molecule has 122 valence electrons. The third kappa shape index (κ3) is 4.57. The zero-order valence-electron chi connectivity index (χ0n) is 13.3. The van der Waals surface area contributed by atoms with Gasteiger partial charge in [-0.25, -0.2) is 0 Å². The Balaban J connectivity index is 0.00000192. The standard InChI is InChI=1S/C19H22N2O.ClH/c1-14-13-18(11-12-20-14)21-19(22)17-9-7-16(8-10-17)15-5-3-2-4-6-15;/h2-10,14,18,20H,11-13H2,1H3,(H,21,22);1H. The maximum atomic E-state index is 12.3. The summed E-state index contributed by atoms with van der Waals surface area (Å²) >= 11 is 0. The SMILES string of the molecule is CC1CC(NC(=O)c2ccc(-c3ccccc3)cc2)CCN1.Cl. The van der Waals surface area contributed by atoms with Crippen molar-refractivity contribution in [3.63, 3.8) is 0 Å². The molecule has 0 aliphatic carbocycles. The first kappa shape index (κ1) is 17.5.